The third-order valence-electron chi connectivity index (χ3n) is 3.45. The highest BCUT2D eigenvalue weighted by atomic mass is 127. The van der Waals surface area contributed by atoms with Gasteiger partial charge in [0.05, 0.1) is 10.5 Å². The van der Waals surface area contributed by atoms with E-state index in [0.29, 0.717) is 11.1 Å². The first-order valence-electron chi connectivity index (χ1n) is 7.41. The van der Waals surface area contributed by atoms with Crippen LogP contribution in [-0.4, -0.2) is 27.4 Å². The summed E-state index contributed by atoms with van der Waals surface area (Å²) < 4.78 is 28.1. The number of halogens is 1. The second kappa shape index (κ2) is 8.09. The monoisotopic (exact) mass is 458 g/mol. The van der Waals surface area contributed by atoms with Crippen LogP contribution in [0.4, 0.5) is 0 Å². The highest BCUT2D eigenvalue weighted by Gasteiger charge is 2.16. The number of hydrogen-bond acceptors (Lipinski definition) is 3. The van der Waals surface area contributed by atoms with Crippen molar-refractivity contribution in [3.63, 3.8) is 0 Å². The van der Waals surface area contributed by atoms with E-state index in [1.807, 2.05) is 25.1 Å². The lowest BCUT2D eigenvalue weighted by molar-refractivity contribution is 0.0953. The van der Waals surface area contributed by atoms with Crippen LogP contribution in [0.3, 0.4) is 0 Å². The Balaban J connectivity index is 1.93. The van der Waals surface area contributed by atoms with Gasteiger partial charge in [-0.05, 0) is 65.8 Å². The second-order valence-corrected chi connectivity index (χ2v) is 8.30. The molecule has 0 aliphatic rings. The van der Waals surface area contributed by atoms with Gasteiger partial charge < -0.3 is 5.32 Å². The minimum Gasteiger partial charge on any atom is -0.351 e. The second-order valence-electron chi connectivity index (χ2n) is 5.40. The van der Waals surface area contributed by atoms with E-state index in [-0.39, 0.29) is 23.9 Å². The lowest BCUT2D eigenvalue weighted by Gasteiger charge is -2.11. The van der Waals surface area contributed by atoms with Gasteiger partial charge in [-0.2, -0.15) is 0 Å². The standard InChI is InChI=1S/C17H19IN2O3S/c1-12-7-8-13(2)16(11-12)24(22,23)20-10-9-19-17(21)14-5-3-4-6-15(14)18/h3-8,11,20H,9-10H2,1-2H3,(H,19,21). The number of hydrogen-bond donors (Lipinski definition) is 2. The third kappa shape index (κ3) is 4.78. The normalized spacial score (nSPS) is 11.3. The molecule has 24 heavy (non-hydrogen) atoms. The Morgan fingerprint density at radius 1 is 1.08 bits per heavy atom. The maximum Gasteiger partial charge on any atom is 0.252 e. The summed E-state index contributed by atoms with van der Waals surface area (Å²) in [7, 11) is -3.59. The molecule has 0 aliphatic heterocycles. The number of amides is 1. The van der Waals surface area contributed by atoms with Crippen molar-refractivity contribution in [1.29, 1.82) is 0 Å². The van der Waals surface area contributed by atoms with E-state index in [1.165, 1.54) is 0 Å². The van der Waals surface area contributed by atoms with Gasteiger partial charge >= 0.3 is 0 Å². The maximum absolute atomic E-state index is 12.3. The number of nitrogens with one attached hydrogen (secondary N) is 2. The zero-order valence-electron chi connectivity index (χ0n) is 13.5. The molecule has 128 valence electrons. The molecule has 0 spiro atoms. The van der Waals surface area contributed by atoms with Gasteiger partial charge in [-0.25, -0.2) is 13.1 Å². The van der Waals surface area contributed by atoms with Gasteiger partial charge in [-0.3, -0.25) is 4.79 Å². The first-order chi connectivity index (χ1) is 11.3. The quantitative estimate of drug-likeness (QED) is 0.517. The van der Waals surface area contributed by atoms with Crippen LogP contribution in [0.5, 0.6) is 0 Å². The van der Waals surface area contributed by atoms with Crippen molar-refractivity contribution in [3.05, 3.63) is 62.7 Å². The molecule has 0 aromatic heterocycles. The molecular weight excluding hydrogens is 439 g/mol. The summed E-state index contributed by atoms with van der Waals surface area (Å²) in [6, 6.07) is 12.5. The van der Waals surface area contributed by atoms with Crippen molar-refractivity contribution in [2.75, 3.05) is 13.1 Å². The summed E-state index contributed by atoms with van der Waals surface area (Å²) in [5, 5.41) is 2.72. The average Bonchev–Trinajstić information content (AvgIpc) is 2.54. The molecule has 1 amide bonds. The van der Waals surface area contributed by atoms with Gasteiger partial charge in [0.1, 0.15) is 0 Å². The highest BCUT2D eigenvalue weighted by molar-refractivity contribution is 14.1. The molecule has 0 fully saturated rings. The van der Waals surface area contributed by atoms with Crippen LogP contribution in [0.1, 0.15) is 21.5 Å². The van der Waals surface area contributed by atoms with E-state index in [1.54, 1.807) is 31.2 Å². The summed E-state index contributed by atoms with van der Waals surface area (Å²) >= 11 is 2.09. The third-order valence-corrected chi connectivity index (χ3v) is 6.00. The molecular formula is C17H19IN2O3S. The molecule has 0 bridgehead atoms. The number of carbonyl (C=O) groups excluding carboxylic acids is 1. The van der Waals surface area contributed by atoms with E-state index < -0.39 is 10.0 Å². The van der Waals surface area contributed by atoms with E-state index in [9.17, 15) is 13.2 Å². The molecule has 5 nitrogen and oxygen atoms in total. The summed E-state index contributed by atoms with van der Waals surface area (Å²) in [6.07, 6.45) is 0. The average molecular weight is 458 g/mol. The minimum absolute atomic E-state index is 0.130. The SMILES string of the molecule is Cc1ccc(C)c(S(=O)(=O)NCCNC(=O)c2ccccc2I)c1. The number of benzene rings is 2. The summed E-state index contributed by atoms with van der Waals surface area (Å²) in [5.41, 5.74) is 2.15. The smallest absolute Gasteiger partial charge is 0.252 e. The fraction of sp³-hybridized carbons (Fsp3) is 0.235. The molecule has 0 radical (unpaired) electrons. The molecule has 2 N–H and O–H groups in total. The van der Waals surface area contributed by atoms with Gasteiger partial charge in [-0.1, -0.05) is 24.3 Å². The molecule has 0 atom stereocenters. The van der Waals surface area contributed by atoms with Crippen LogP contribution < -0.4 is 10.0 Å². The molecule has 0 heterocycles. The zero-order chi connectivity index (χ0) is 17.7. The predicted molar refractivity (Wildman–Crippen MR) is 103 cm³/mol. The summed E-state index contributed by atoms with van der Waals surface area (Å²) in [6.45, 7) is 3.95. The number of aryl methyl sites for hydroxylation is 2. The van der Waals surface area contributed by atoms with E-state index in [0.717, 1.165) is 9.13 Å². The Kier molecular flexibility index (Phi) is 6.36. The summed E-state index contributed by atoms with van der Waals surface area (Å²) in [5.74, 6) is -0.217. The van der Waals surface area contributed by atoms with Gasteiger partial charge in [0.2, 0.25) is 10.0 Å². The van der Waals surface area contributed by atoms with E-state index in [2.05, 4.69) is 32.6 Å². The molecule has 2 rings (SSSR count). The number of sulfonamides is 1. The van der Waals surface area contributed by atoms with Crippen LogP contribution in [0.2, 0.25) is 0 Å². The van der Waals surface area contributed by atoms with Crippen LogP contribution in [0, 0.1) is 17.4 Å². The first-order valence-corrected chi connectivity index (χ1v) is 9.97. The Hall–Kier alpha value is -1.45. The zero-order valence-corrected chi connectivity index (χ0v) is 16.4. The molecule has 7 heteroatoms. The fourth-order valence-electron chi connectivity index (χ4n) is 2.18. The summed E-state index contributed by atoms with van der Waals surface area (Å²) in [4.78, 5) is 12.3. The Bertz CT molecular complexity index is 851. The lowest BCUT2D eigenvalue weighted by atomic mass is 10.2. The Morgan fingerprint density at radius 3 is 2.50 bits per heavy atom. The fourth-order valence-corrected chi connectivity index (χ4v) is 4.17. The van der Waals surface area contributed by atoms with Crippen molar-refractivity contribution in [3.8, 4) is 0 Å². The minimum atomic E-state index is -3.59. The number of carbonyl (C=O) groups is 1. The van der Waals surface area contributed by atoms with Crippen LogP contribution >= 0.6 is 22.6 Å². The molecule has 0 saturated heterocycles. The Labute approximate surface area is 156 Å². The van der Waals surface area contributed by atoms with Crippen molar-refractivity contribution in [2.24, 2.45) is 0 Å². The predicted octanol–water partition coefficient (Wildman–Crippen LogP) is 2.62. The maximum atomic E-state index is 12.3. The van der Waals surface area contributed by atoms with E-state index >= 15 is 0 Å². The topological polar surface area (TPSA) is 75.3 Å². The molecule has 0 unspecified atom stereocenters. The largest absolute Gasteiger partial charge is 0.351 e. The molecule has 0 saturated carbocycles. The lowest BCUT2D eigenvalue weighted by Crippen LogP contribution is -2.35. The van der Waals surface area contributed by atoms with Crippen molar-refractivity contribution in [2.45, 2.75) is 18.7 Å². The molecule has 2 aromatic carbocycles. The van der Waals surface area contributed by atoms with E-state index in [4.69, 9.17) is 0 Å². The van der Waals surface area contributed by atoms with Gasteiger partial charge in [0, 0.05) is 16.7 Å². The first kappa shape index (κ1) is 18.9. The van der Waals surface area contributed by atoms with Crippen molar-refractivity contribution >= 4 is 38.5 Å². The van der Waals surface area contributed by atoms with Gasteiger partial charge in [0.25, 0.3) is 5.91 Å². The molecule has 0 aliphatic carbocycles. The van der Waals surface area contributed by atoms with Crippen molar-refractivity contribution < 1.29 is 13.2 Å². The van der Waals surface area contributed by atoms with Gasteiger partial charge in [0.15, 0.2) is 0 Å². The van der Waals surface area contributed by atoms with Crippen LogP contribution in [0.15, 0.2) is 47.4 Å². The number of rotatable bonds is 6. The van der Waals surface area contributed by atoms with Crippen LogP contribution in [-0.2, 0) is 10.0 Å². The highest BCUT2D eigenvalue weighted by Crippen LogP contribution is 2.16. The van der Waals surface area contributed by atoms with Crippen LogP contribution in [0.25, 0.3) is 0 Å². The van der Waals surface area contributed by atoms with Gasteiger partial charge in [-0.15, -0.1) is 0 Å². The molecule has 2 aromatic rings. The Morgan fingerprint density at radius 2 is 1.79 bits per heavy atom. The van der Waals surface area contributed by atoms with Crippen molar-refractivity contribution in [1.82, 2.24) is 10.0 Å².